The maximum absolute atomic E-state index is 12.4. The topological polar surface area (TPSA) is 38.3 Å². The number of carbonyl (C=O) groups excluding carboxylic acids is 1. The van der Waals surface area contributed by atoms with E-state index < -0.39 is 5.41 Å². The monoisotopic (exact) mass is 323 g/mol. The largest absolute Gasteiger partial charge is 0.466 e. The Morgan fingerprint density at radius 2 is 1.67 bits per heavy atom. The van der Waals surface area contributed by atoms with Gasteiger partial charge in [-0.1, -0.05) is 60.7 Å². The lowest BCUT2D eigenvalue weighted by Crippen LogP contribution is -2.42. The van der Waals surface area contributed by atoms with Gasteiger partial charge < -0.3 is 10.1 Å². The number of rotatable bonds is 7. The van der Waals surface area contributed by atoms with Crippen molar-refractivity contribution < 1.29 is 9.53 Å². The van der Waals surface area contributed by atoms with Crippen LogP contribution in [0.3, 0.4) is 0 Å². The van der Waals surface area contributed by atoms with E-state index in [0.29, 0.717) is 6.61 Å². The minimum absolute atomic E-state index is 0.195. The molecule has 0 fully saturated rings. The van der Waals surface area contributed by atoms with Gasteiger partial charge in [0.2, 0.25) is 0 Å². The van der Waals surface area contributed by atoms with Gasteiger partial charge in [-0.3, -0.25) is 4.79 Å². The van der Waals surface area contributed by atoms with E-state index in [0.717, 1.165) is 11.3 Å². The summed E-state index contributed by atoms with van der Waals surface area (Å²) in [6.45, 7) is 6.01. The van der Waals surface area contributed by atoms with E-state index in [9.17, 15) is 4.79 Å². The Balaban J connectivity index is 2.26. The first kappa shape index (κ1) is 17.8. The highest BCUT2D eigenvalue weighted by Crippen LogP contribution is 2.27. The zero-order valence-corrected chi connectivity index (χ0v) is 14.5. The van der Waals surface area contributed by atoms with Gasteiger partial charge >= 0.3 is 5.97 Å². The molecule has 0 bridgehead atoms. The van der Waals surface area contributed by atoms with Gasteiger partial charge in [-0.2, -0.15) is 0 Å². The number of anilines is 1. The van der Waals surface area contributed by atoms with Gasteiger partial charge in [0.05, 0.1) is 18.1 Å². The molecular weight excluding hydrogens is 298 g/mol. The maximum Gasteiger partial charge on any atom is 0.313 e. The second-order valence-corrected chi connectivity index (χ2v) is 6.20. The molecule has 2 rings (SSSR count). The lowest BCUT2D eigenvalue weighted by molar-refractivity contribution is -0.153. The molecule has 0 heterocycles. The third kappa shape index (κ3) is 4.72. The van der Waals surface area contributed by atoms with Crippen LogP contribution in [0.25, 0.3) is 6.08 Å². The number of esters is 1. The number of ether oxygens (including phenoxy) is 1. The molecule has 0 aliphatic heterocycles. The van der Waals surface area contributed by atoms with Crippen LogP contribution < -0.4 is 5.32 Å². The van der Waals surface area contributed by atoms with Gasteiger partial charge in [0.25, 0.3) is 0 Å². The van der Waals surface area contributed by atoms with Crippen LogP contribution in [0.1, 0.15) is 26.3 Å². The van der Waals surface area contributed by atoms with Crippen molar-refractivity contribution in [2.45, 2.75) is 26.8 Å². The zero-order valence-electron chi connectivity index (χ0n) is 14.5. The smallest absolute Gasteiger partial charge is 0.313 e. The van der Waals surface area contributed by atoms with Crippen molar-refractivity contribution in [2.24, 2.45) is 5.41 Å². The highest BCUT2D eigenvalue weighted by molar-refractivity contribution is 5.78. The van der Waals surface area contributed by atoms with E-state index >= 15 is 0 Å². The standard InChI is InChI=1S/C21H25NO2/c1-4-24-20(23)21(2,3)19(22-18-13-9-6-10-14-18)16-15-17-11-7-5-8-12-17/h5-16,19,22H,4H2,1-3H3/b16-15+. The molecule has 0 aromatic heterocycles. The average Bonchev–Trinajstić information content (AvgIpc) is 2.60. The Bertz CT molecular complexity index is 663. The first-order valence-electron chi connectivity index (χ1n) is 8.26. The predicted octanol–water partition coefficient (Wildman–Crippen LogP) is 4.77. The van der Waals surface area contributed by atoms with Crippen LogP contribution in [-0.4, -0.2) is 18.6 Å². The zero-order chi connectivity index (χ0) is 17.4. The lowest BCUT2D eigenvalue weighted by Gasteiger charge is -2.31. The lowest BCUT2D eigenvalue weighted by atomic mass is 9.83. The average molecular weight is 323 g/mol. The molecule has 1 N–H and O–H groups in total. The summed E-state index contributed by atoms with van der Waals surface area (Å²) in [5.41, 5.74) is 1.37. The summed E-state index contributed by atoms with van der Waals surface area (Å²) < 4.78 is 5.26. The van der Waals surface area contributed by atoms with Crippen LogP contribution in [0.15, 0.2) is 66.7 Å². The molecule has 1 atom stereocenters. The Morgan fingerprint density at radius 1 is 1.08 bits per heavy atom. The van der Waals surface area contributed by atoms with Crippen molar-refractivity contribution in [1.29, 1.82) is 0 Å². The molecule has 126 valence electrons. The number of nitrogens with one attached hydrogen (secondary N) is 1. The fourth-order valence-electron chi connectivity index (χ4n) is 2.40. The van der Waals surface area contributed by atoms with Crippen molar-refractivity contribution >= 4 is 17.7 Å². The van der Waals surface area contributed by atoms with Gasteiger partial charge in [-0.25, -0.2) is 0 Å². The summed E-state index contributed by atoms with van der Waals surface area (Å²) >= 11 is 0. The molecule has 3 heteroatoms. The van der Waals surface area contributed by atoms with Crippen molar-refractivity contribution in [3.05, 3.63) is 72.3 Å². The molecule has 0 radical (unpaired) electrons. The van der Waals surface area contributed by atoms with E-state index in [-0.39, 0.29) is 12.0 Å². The third-order valence-corrected chi connectivity index (χ3v) is 3.96. The van der Waals surface area contributed by atoms with E-state index in [2.05, 4.69) is 5.32 Å². The first-order chi connectivity index (χ1) is 11.5. The maximum atomic E-state index is 12.4. The van der Waals surface area contributed by atoms with E-state index in [4.69, 9.17) is 4.74 Å². The normalized spacial score (nSPS) is 12.8. The van der Waals surface area contributed by atoms with Gasteiger partial charge in [0.1, 0.15) is 0 Å². The summed E-state index contributed by atoms with van der Waals surface area (Å²) in [7, 11) is 0. The van der Waals surface area contributed by atoms with E-state index in [1.54, 1.807) is 0 Å². The molecule has 2 aromatic carbocycles. The number of benzene rings is 2. The summed E-state index contributed by atoms with van der Waals surface area (Å²) in [4.78, 5) is 12.4. The summed E-state index contributed by atoms with van der Waals surface area (Å²) in [5, 5.41) is 3.44. The quantitative estimate of drug-likeness (QED) is 0.746. The van der Waals surface area contributed by atoms with Crippen molar-refractivity contribution in [1.82, 2.24) is 0 Å². The third-order valence-electron chi connectivity index (χ3n) is 3.96. The van der Waals surface area contributed by atoms with Crippen molar-refractivity contribution in [3.8, 4) is 0 Å². The van der Waals surface area contributed by atoms with Crippen LogP contribution in [0.2, 0.25) is 0 Å². The van der Waals surface area contributed by atoms with Crippen LogP contribution in [0.4, 0.5) is 5.69 Å². The molecular formula is C21H25NO2. The second kappa shape index (κ2) is 8.34. The molecule has 0 spiro atoms. The molecule has 24 heavy (non-hydrogen) atoms. The van der Waals surface area contributed by atoms with Gasteiger partial charge in [-0.15, -0.1) is 0 Å². The fraction of sp³-hybridized carbons (Fsp3) is 0.286. The van der Waals surface area contributed by atoms with Gasteiger partial charge in [0, 0.05) is 5.69 Å². The molecule has 3 nitrogen and oxygen atoms in total. The fourth-order valence-corrected chi connectivity index (χ4v) is 2.40. The molecule has 0 aliphatic rings. The van der Waals surface area contributed by atoms with Crippen molar-refractivity contribution in [2.75, 3.05) is 11.9 Å². The summed E-state index contributed by atoms with van der Waals surface area (Å²) in [6.07, 6.45) is 4.06. The first-order valence-corrected chi connectivity index (χ1v) is 8.26. The second-order valence-electron chi connectivity index (χ2n) is 6.20. The molecule has 0 saturated heterocycles. The van der Waals surface area contributed by atoms with E-state index in [1.165, 1.54) is 0 Å². The van der Waals surface area contributed by atoms with Gasteiger partial charge in [-0.05, 0) is 38.5 Å². The molecule has 0 amide bonds. The molecule has 1 unspecified atom stereocenters. The van der Waals surface area contributed by atoms with Gasteiger partial charge in [0.15, 0.2) is 0 Å². The number of carbonyl (C=O) groups is 1. The molecule has 0 saturated carbocycles. The summed E-state index contributed by atoms with van der Waals surface area (Å²) in [6, 6.07) is 19.7. The summed E-state index contributed by atoms with van der Waals surface area (Å²) in [5.74, 6) is -0.212. The van der Waals surface area contributed by atoms with Crippen molar-refractivity contribution in [3.63, 3.8) is 0 Å². The minimum Gasteiger partial charge on any atom is -0.466 e. The number of hydrogen-bond acceptors (Lipinski definition) is 3. The Hall–Kier alpha value is -2.55. The van der Waals surface area contributed by atoms with Crippen LogP contribution in [0, 0.1) is 5.41 Å². The number of para-hydroxylation sites is 1. The highest BCUT2D eigenvalue weighted by Gasteiger charge is 2.37. The Labute approximate surface area is 144 Å². The SMILES string of the molecule is CCOC(=O)C(C)(C)C(/C=C/c1ccccc1)Nc1ccccc1. The predicted molar refractivity (Wildman–Crippen MR) is 99.7 cm³/mol. The van der Waals surface area contributed by atoms with Crippen LogP contribution in [-0.2, 0) is 9.53 Å². The van der Waals surface area contributed by atoms with Crippen LogP contribution >= 0.6 is 0 Å². The highest BCUT2D eigenvalue weighted by atomic mass is 16.5. The number of hydrogen-bond donors (Lipinski definition) is 1. The Kier molecular flexibility index (Phi) is 6.19. The molecule has 0 aliphatic carbocycles. The Morgan fingerprint density at radius 3 is 2.25 bits per heavy atom. The minimum atomic E-state index is -0.697. The van der Waals surface area contributed by atoms with Crippen LogP contribution in [0.5, 0.6) is 0 Å². The van der Waals surface area contributed by atoms with E-state index in [1.807, 2.05) is 93.6 Å². The molecule has 2 aromatic rings.